The van der Waals surface area contributed by atoms with Gasteiger partial charge in [-0.2, -0.15) is 0 Å². The predicted octanol–water partition coefficient (Wildman–Crippen LogP) is 4.93. The number of carbonyl (C=O) groups is 1. The fourth-order valence-corrected chi connectivity index (χ4v) is 4.82. The predicted molar refractivity (Wildman–Crippen MR) is 83.6 cm³/mol. The van der Waals surface area contributed by atoms with Crippen molar-refractivity contribution in [1.82, 2.24) is 0 Å². The maximum absolute atomic E-state index is 10.9. The molecule has 106 valence electrons. The molecule has 19 heavy (non-hydrogen) atoms. The average Bonchev–Trinajstić information content (AvgIpc) is 2.33. The lowest BCUT2D eigenvalue weighted by atomic mass is 10.0. The molecule has 1 atom stereocenters. The van der Waals surface area contributed by atoms with E-state index in [0.29, 0.717) is 11.1 Å². The van der Waals surface area contributed by atoms with Crippen molar-refractivity contribution in [2.24, 2.45) is 0 Å². The van der Waals surface area contributed by atoms with E-state index in [1.54, 1.807) is 12.1 Å². The first-order valence-electron chi connectivity index (χ1n) is 7.19. The summed E-state index contributed by atoms with van der Waals surface area (Å²) < 4.78 is 0. The van der Waals surface area contributed by atoms with Crippen LogP contribution in [0.5, 0.6) is 0 Å². The molecule has 1 N–H and O–H groups in total. The number of rotatable bonds is 7. The molecule has 0 spiro atoms. The van der Waals surface area contributed by atoms with Gasteiger partial charge in [0.15, 0.2) is 0 Å². The first-order valence-corrected chi connectivity index (χ1v) is 10.8. The van der Waals surface area contributed by atoms with Gasteiger partial charge in [-0.3, -0.25) is 0 Å². The summed E-state index contributed by atoms with van der Waals surface area (Å²) in [5.41, 5.74) is 2.33. The summed E-state index contributed by atoms with van der Waals surface area (Å²) in [5.74, 6) is -0.845. The van der Waals surface area contributed by atoms with Gasteiger partial charge in [0.2, 0.25) is 0 Å². The number of benzene rings is 1. The van der Waals surface area contributed by atoms with Gasteiger partial charge in [-0.15, -0.1) is 0 Å². The Bertz CT molecular complexity index is 404. The Hall–Kier alpha value is -1.09. The molecule has 0 aromatic heterocycles. The van der Waals surface area contributed by atoms with Gasteiger partial charge in [-0.25, -0.2) is 4.79 Å². The van der Waals surface area contributed by atoms with E-state index >= 15 is 0 Å². The first-order chi connectivity index (χ1) is 8.86. The van der Waals surface area contributed by atoms with Crippen LogP contribution >= 0.6 is 0 Å². The molecule has 0 aliphatic carbocycles. The molecule has 0 aliphatic heterocycles. The zero-order chi connectivity index (χ0) is 14.5. The van der Waals surface area contributed by atoms with Gasteiger partial charge < -0.3 is 5.11 Å². The highest BCUT2D eigenvalue weighted by Crippen LogP contribution is 2.32. The van der Waals surface area contributed by atoms with E-state index in [9.17, 15) is 4.79 Å². The van der Waals surface area contributed by atoms with E-state index in [4.69, 9.17) is 5.11 Å². The molecule has 0 radical (unpaired) electrons. The first kappa shape index (κ1) is 16.0. The number of unbranched alkanes of at least 4 members (excludes halogenated alkanes) is 2. The van der Waals surface area contributed by atoms with E-state index in [-0.39, 0.29) is 0 Å². The molecule has 0 amide bonds. The van der Waals surface area contributed by atoms with Gasteiger partial charge in [0.1, 0.15) is 0 Å². The van der Waals surface area contributed by atoms with Gasteiger partial charge in [0.05, 0.1) is 13.6 Å². The SMILES string of the molecule is CCCCCC(c1ccc(C(=O)O)cc1)[Si](C)(C)C. The van der Waals surface area contributed by atoms with Gasteiger partial charge in [0, 0.05) is 0 Å². The third-order valence-electron chi connectivity index (χ3n) is 3.70. The Kier molecular flexibility index (Phi) is 5.79. The Morgan fingerprint density at radius 1 is 1.16 bits per heavy atom. The van der Waals surface area contributed by atoms with Crippen LogP contribution in [0.15, 0.2) is 24.3 Å². The van der Waals surface area contributed by atoms with Crippen LogP contribution in [0.1, 0.15) is 54.1 Å². The summed E-state index contributed by atoms with van der Waals surface area (Å²) in [6.45, 7) is 9.42. The fraction of sp³-hybridized carbons (Fsp3) is 0.562. The van der Waals surface area contributed by atoms with Crippen LogP contribution in [0.2, 0.25) is 19.6 Å². The van der Waals surface area contributed by atoms with E-state index in [2.05, 4.69) is 26.6 Å². The van der Waals surface area contributed by atoms with Crippen LogP contribution in [0.25, 0.3) is 0 Å². The molecular weight excluding hydrogens is 252 g/mol. The van der Waals surface area contributed by atoms with Crippen LogP contribution in [-0.4, -0.2) is 19.1 Å². The van der Waals surface area contributed by atoms with Gasteiger partial charge in [0.25, 0.3) is 0 Å². The van der Waals surface area contributed by atoms with Crippen molar-refractivity contribution in [3.63, 3.8) is 0 Å². The van der Waals surface area contributed by atoms with E-state index in [0.717, 1.165) is 0 Å². The van der Waals surface area contributed by atoms with Crippen LogP contribution in [-0.2, 0) is 0 Å². The molecule has 0 bridgehead atoms. The fourth-order valence-electron chi connectivity index (χ4n) is 2.56. The molecule has 0 fully saturated rings. The topological polar surface area (TPSA) is 37.3 Å². The second-order valence-corrected chi connectivity index (χ2v) is 11.8. The summed E-state index contributed by atoms with van der Waals surface area (Å²) in [7, 11) is -1.27. The second-order valence-electron chi connectivity index (χ2n) is 6.34. The number of hydrogen-bond acceptors (Lipinski definition) is 1. The monoisotopic (exact) mass is 278 g/mol. The summed E-state index contributed by atoms with van der Waals surface area (Å²) >= 11 is 0. The molecule has 1 rings (SSSR count). The van der Waals surface area contributed by atoms with Gasteiger partial charge in [-0.05, 0) is 29.7 Å². The number of carboxylic acid groups (broad SMARTS) is 1. The molecule has 1 aromatic rings. The second kappa shape index (κ2) is 6.90. The molecular formula is C16H26O2Si. The molecule has 2 nitrogen and oxygen atoms in total. The zero-order valence-electron chi connectivity index (χ0n) is 12.6. The smallest absolute Gasteiger partial charge is 0.335 e. The average molecular weight is 278 g/mol. The standard InChI is InChI=1S/C16H26O2Si/c1-5-6-7-8-15(19(2,3)4)13-9-11-14(12-10-13)16(17)18/h9-12,15H,5-8H2,1-4H3,(H,17,18). The number of aromatic carboxylic acids is 1. The van der Waals surface area contributed by atoms with Crippen molar-refractivity contribution in [2.75, 3.05) is 0 Å². The molecule has 0 heterocycles. The Morgan fingerprint density at radius 3 is 2.16 bits per heavy atom. The van der Waals surface area contributed by atoms with Crippen molar-refractivity contribution in [1.29, 1.82) is 0 Å². The van der Waals surface area contributed by atoms with Crippen molar-refractivity contribution < 1.29 is 9.90 Å². The lowest BCUT2D eigenvalue weighted by Crippen LogP contribution is -2.31. The van der Waals surface area contributed by atoms with Gasteiger partial charge >= 0.3 is 5.97 Å². The van der Waals surface area contributed by atoms with Gasteiger partial charge in [-0.1, -0.05) is 58.0 Å². The van der Waals surface area contributed by atoms with Crippen molar-refractivity contribution in [3.8, 4) is 0 Å². The van der Waals surface area contributed by atoms with Crippen LogP contribution in [0.3, 0.4) is 0 Å². The minimum Gasteiger partial charge on any atom is -0.478 e. The Morgan fingerprint density at radius 2 is 1.74 bits per heavy atom. The van der Waals surface area contributed by atoms with E-state index in [1.807, 2.05) is 12.1 Å². The van der Waals surface area contributed by atoms with Crippen molar-refractivity contribution in [3.05, 3.63) is 35.4 Å². The quantitative estimate of drug-likeness (QED) is 0.567. The molecule has 1 aromatic carbocycles. The van der Waals surface area contributed by atoms with Crippen LogP contribution in [0, 0.1) is 0 Å². The largest absolute Gasteiger partial charge is 0.478 e. The summed E-state index contributed by atoms with van der Waals surface area (Å²) in [5, 5.41) is 8.96. The van der Waals surface area contributed by atoms with E-state index < -0.39 is 14.0 Å². The van der Waals surface area contributed by atoms with Crippen molar-refractivity contribution in [2.45, 2.75) is 57.8 Å². The summed E-state index contributed by atoms with van der Waals surface area (Å²) in [4.78, 5) is 10.9. The van der Waals surface area contributed by atoms with Crippen LogP contribution in [0.4, 0.5) is 0 Å². The molecule has 0 aliphatic rings. The third-order valence-corrected chi connectivity index (χ3v) is 6.41. The number of hydrogen-bond donors (Lipinski definition) is 1. The number of carboxylic acids is 1. The molecule has 0 saturated carbocycles. The lowest BCUT2D eigenvalue weighted by Gasteiger charge is -2.29. The van der Waals surface area contributed by atoms with Crippen LogP contribution < -0.4 is 0 Å². The lowest BCUT2D eigenvalue weighted by molar-refractivity contribution is 0.0697. The zero-order valence-corrected chi connectivity index (χ0v) is 13.6. The third kappa shape index (κ3) is 4.82. The molecule has 0 saturated heterocycles. The normalized spacial score (nSPS) is 13.3. The summed E-state index contributed by atoms with van der Waals surface area (Å²) in [6, 6.07) is 7.51. The molecule has 3 heteroatoms. The maximum Gasteiger partial charge on any atom is 0.335 e. The highest BCUT2D eigenvalue weighted by atomic mass is 28.3. The Balaban J connectivity index is 2.88. The van der Waals surface area contributed by atoms with E-state index in [1.165, 1.54) is 31.2 Å². The van der Waals surface area contributed by atoms with Crippen molar-refractivity contribution >= 4 is 14.0 Å². The molecule has 1 unspecified atom stereocenters. The Labute approximate surface area is 117 Å². The maximum atomic E-state index is 10.9. The minimum atomic E-state index is -1.27. The highest BCUT2D eigenvalue weighted by molar-refractivity contribution is 6.77. The summed E-state index contributed by atoms with van der Waals surface area (Å²) in [6.07, 6.45) is 5.03. The highest BCUT2D eigenvalue weighted by Gasteiger charge is 2.27. The minimum absolute atomic E-state index is 0.381.